The molecular weight excluding hydrogens is 208 g/mol. The van der Waals surface area contributed by atoms with E-state index in [4.69, 9.17) is 0 Å². The second-order valence-corrected chi connectivity index (χ2v) is 4.46. The third-order valence-corrected chi connectivity index (χ3v) is 3.36. The van der Waals surface area contributed by atoms with Gasteiger partial charge in [-0.05, 0) is 38.4 Å². The van der Waals surface area contributed by atoms with Crippen molar-refractivity contribution in [3.05, 3.63) is 35.4 Å². The molecule has 3 heteroatoms. The van der Waals surface area contributed by atoms with E-state index in [1.807, 2.05) is 0 Å². The van der Waals surface area contributed by atoms with E-state index in [1.54, 1.807) is 31.2 Å². The Labute approximate surface area is 94.9 Å². The Balaban J connectivity index is 2.26. The van der Waals surface area contributed by atoms with Crippen molar-refractivity contribution >= 4 is 0 Å². The van der Waals surface area contributed by atoms with Crippen LogP contribution in [0.4, 0.5) is 8.78 Å². The standard InChI is InChI=1S/C13H17F2N/c1-10-4-2-3-5-12(10)13(14,15)11-6-8-16-9-7-11/h2-5,11,16H,6-9H2,1H3. The number of nitrogens with one attached hydrogen (secondary N) is 1. The highest BCUT2D eigenvalue weighted by Crippen LogP contribution is 2.41. The molecule has 0 saturated carbocycles. The summed E-state index contributed by atoms with van der Waals surface area (Å²) in [6.45, 7) is 3.16. The van der Waals surface area contributed by atoms with Gasteiger partial charge in [-0.15, -0.1) is 0 Å². The van der Waals surface area contributed by atoms with E-state index in [0.717, 1.165) is 0 Å². The van der Waals surface area contributed by atoms with Gasteiger partial charge in [0.2, 0.25) is 0 Å². The molecule has 1 aromatic rings. The molecule has 1 aromatic carbocycles. The number of hydrogen-bond donors (Lipinski definition) is 1. The molecule has 1 fully saturated rings. The van der Waals surface area contributed by atoms with Crippen molar-refractivity contribution in [3.63, 3.8) is 0 Å². The van der Waals surface area contributed by atoms with Gasteiger partial charge in [0, 0.05) is 11.5 Å². The van der Waals surface area contributed by atoms with Crippen molar-refractivity contribution in [3.8, 4) is 0 Å². The third kappa shape index (κ3) is 2.09. The predicted octanol–water partition coefficient (Wildman–Crippen LogP) is 3.09. The maximum Gasteiger partial charge on any atom is 0.276 e. The van der Waals surface area contributed by atoms with Gasteiger partial charge in [0.25, 0.3) is 5.92 Å². The van der Waals surface area contributed by atoms with Crippen LogP contribution in [0.15, 0.2) is 24.3 Å². The largest absolute Gasteiger partial charge is 0.317 e. The Hall–Kier alpha value is -0.960. The number of rotatable bonds is 2. The highest BCUT2D eigenvalue weighted by Gasteiger charge is 2.42. The molecule has 0 aromatic heterocycles. The van der Waals surface area contributed by atoms with Crippen LogP contribution in [0.1, 0.15) is 24.0 Å². The SMILES string of the molecule is Cc1ccccc1C(F)(F)C1CCNCC1. The van der Waals surface area contributed by atoms with Crippen LogP contribution in [0.25, 0.3) is 0 Å². The first kappa shape index (κ1) is 11.5. The lowest BCUT2D eigenvalue weighted by molar-refractivity contribution is -0.0758. The maximum atomic E-state index is 14.3. The smallest absolute Gasteiger partial charge is 0.276 e. The lowest BCUT2D eigenvalue weighted by atomic mass is 9.85. The van der Waals surface area contributed by atoms with E-state index in [2.05, 4.69) is 5.32 Å². The summed E-state index contributed by atoms with van der Waals surface area (Å²) in [5, 5.41) is 3.12. The molecule has 1 saturated heterocycles. The molecule has 0 spiro atoms. The minimum absolute atomic E-state index is 0.196. The number of benzene rings is 1. The Morgan fingerprint density at radius 1 is 1.19 bits per heavy atom. The van der Waals surface area contributed by atoms with Crippen molar-refractivity contribution in [2.24, 2.45) is 5.92 Å². The normalized spacial score (nSPS) is 18.7. The minimum Gasteiger partial charge on any atom is -0.317 e. The molecule has 0 bridgehead atoms. The van der Waals surface area contributed by atoms with Crippen molar-refractivity contribution in [2.45, 2.75) is 25.7 Å². The van der Waals surface area contributed by atoms with Gasteiger partial charge in [0.15, 0.2) is 0 Å². The summed E-state index contributed by atoms with van der Waals surface area (Å²) in [6.07, 6.45) is 1.11. The first-order valence-electron chi connectivity index (χ1n) is 5.77. The zero-order valence-electron chi connectivity index (χ0n) is 9.47. The molecule has 88 valence electrons. The fourth-order valence-electron chi connectivity index (χ4n) is 2.35. The summed E-state index contributed by atoms with van der Waals surface area (Å²) in [5.41, 5.74) is 0.882. The molecule has 1 N–H and O–H groups in total. The zero-order chi connectivity index (χ0) is 11.6. The second kappa shape index (κ2) is 4.50. The number of halogens is 2. The molecule has 2 rings (SSSR count). The van der Waals surface area contributed by atoms with Crippen molar-refractivity contribution in [2.75, 3.05) is 13.1 Å². The molecule has 0 atom stereocenters. The first-order chi connectivity index (χ1) is 7.62. The predicted molar refractivity (Wildman–Crippen MR) is 60.7 cm³/mol. The first-order valence-corrected chi connectivity index (χ1v) is 5.77. The molecule has 1 aliphatic rings. The van der Waals surface area contributed by atoms with Crippen molar-refractivity contribution in [1.29, 1.82) is 0 Å². The Kier molecular flexibility index (Phi) is 3.24. The van der Waals surface area contributed by atoms with E-state index >= 15 is 0 Å². The van der Waals surface area contributed by atoms with E-state index in [1.165, 1.54) is 0 Å². The molecule has 1 heterocycles. The van der Waals surface area contributed by atoms with Gasteiger partial charge in [0.1, 0.15) is 0 Å². The quantitative estimate of drug-likeness (QED) is 0.815. The fourth-order valence-corrected chi connectivity index (χ4v) is 2.35. The summed E-state index contributed by atoms with van der Waals surface area (Å²) in [7, 11) is 0. The topological polar surface area (TPSA) is 12.0 Å². The van der Waals surface area contributed by atoms with Crippen LogP contribution in [0, 0.1) is 12.8 Å². The van der Waals surface area contributed by atoms with E-state index in [0.29, 0.717) is 31.5 Å². The van der Waals surface area contributed by atoms with Crippen LogP contribution in [0.5, 0.6) is 0 Å². The Morgan fingerprint density at radius 2 is 1.81 bits per heavy atom. The molecule has 1 aliphatic heterocycles. The molecule has 0 aliphatic carbocycles. The summed E-state index contributed by atoms with van der Waals surface area (Å²) in [5.74, 6) is -3.21. The Morgan fingerprint density at radius 3 is 2.44 bits per heavy atom. The Bertz CT molecular complexity index is 357. The number of piperidine rings is 1. The van der Waals surface area contributed by atoms with E-state index in [-0.39, 0.29) is 5.56 Å². The van der Waals surface area contributed by atoms with Crippen molar-refractivity contribution in [1.82, 2.24) is 5.32 Å². The molecule has 0 radical (unpaired) electrons. The van der Waals surface area contributed by atoms with E-state index < -0.39 is 11.8 Å². The van der Waals surface area contributed by atoms with Crippen LogP contribution >= 0.6 is 0 Å². The highest BCUT2D eigenvalue weighted by atomic mass is 19.3. The molecule has 16 heavy (non-hydrogen) atoms. The average Bonchev–Trinajstić information content (AvgIpc) is 2.30. The number of alkyl halides is 2. The lowest BCUT2D eigenvalue weighted by Gasteiger charge is -2.31. The van der Waals surface area contributed by atoms with Crippen molar-refractivity contribution < 1.29 is 8.78 Å². The third-order valence-electron chi connectivity index (χ3n) is 3.36. The van der Waals surface area contributed by atoms with Gasteiger partial charge >= 0.3 is 0 Å². The highest BCUT2D eigenvalue weighted by molar-refractivity contribution is 5.30. The van der Waals surface area contributed by atoms with E-state index in [9.17, 15) is 8.78 Å². The van der Waals surface area contributed by atoms with Crippen LogP contribution in [0.2, 0.25) is 0 Å². The van der Waals surface area contributed by atoms with Crippen LogP contribution in [-0.4, -0.2) is 13.1 Å². The van der Waals surface area contributed by atoms with Crippen LogP contribution in [-0.2, 0) is 5.92 Å². The summed E-state index contributed by atoms with van der Waals surface area (Å²) < 4.78 is 28.5. The lowest BCUT2D eigenvalue weighted by Crippen LogP contribution is -2.36. The molecule has 0 amide bonds. The molecular formula is C13H17F2N. The summed E-state index contributed by atoms with van der Waals surface area (Å²) >= 11 is 0. The number of aryl methyl sites for hydroxylation is 1. The second-order valence-electron chi connectivity index (χ2n) is 4.46. The molecule has 0 unspecified atom stereocenters. The average molecular weight is 225 g/mol. The van der Waals surface area contributed by atoms with Gasteiger partial charge in [-0.1, -0.05) is 24.3 Å². The number of hydrogen-bond acceptors (Lipinski definition) is 1. The van der Waals surface area contributed by atoms with Gasteiger partial charge < -0.3 is 5.32 Å². The zero-order valence-corrected chi connectivity index (χ0v) is 9.47. The monoisotopic (exact) mass is 225 g/mol. The van der Waals surface area contributed by atoms with Gasteiger partial charge in [-0.2, -0.15) is 0 Å². The van der Waals surface area contributed by atoms with Gasteiger partial charge in [-0.3, -0.25) is 0 Å². The fraction of sp³-hybridized carbons (Fsp3) is 0.538. The summed E-state index contributed by atoms with van der Waals surface area (Å²) in [6, 6.07) is 6.80. The molecule has 1 nitrogen and oxygen atoms in total. The maximum absolute atomic E-state index is 14.3. The van der Waals surface area contributed by atoms with Crippen LogP contribution in [0.3, 0.4) is 0 Å². The van der Waals surface area contributed by atoms with Crippen LogP contribution < -0.4 is 5.32 Å². The van der Waals surface area contributed by atoms with Gasteiger partial charge in [-0.25, -0.2) is 8.78 Å². The van der Waals surface area contributed by atoms with Gasteiger partial charge in [0.05, 0.1) is 0 Å². The summed E-state index contributed by atoms with van der Waals surface area (Å²) in [4.78, 5) is 0. The minimum atomic E-state index is -2.69.